The van der Waals surface area contributed by atoms with E-state index in [9.17, 15) is 0 Å². The molecular weight excluding hydrogens is 372 g/mol. The van der Waals surface area contributed by atoms with Gasteiger partial charge in [0.05, 0.1) is 12.8 Å². The van der Waals surface area contributed by atoms with Crippen LogP contribution in [0.3, 0.4) is 0 Å². The quantitative estimate of drug-likeness (QED) is 0.383. The lowest BCUT2D eigenvalue weighted by molar-refractivity contribution is 0.300. The summed E-state index contributed by atoms with van der Waals surface area (Å²) < 4.78 is 13.9. The zero-order valence-corrected chi connectivity index (χ0v) is 17.6. The minimum Gasteiger partial charge on any atom is -0.496 e. The number of nitrogens with zero attached hydrogens (tertiary/aromatic N) is 2. The van der Waals surface area contributed by atoms with Gasteiger partial charge in [-0.3, -0.25) is 0 Å². The Hall–Kier alpha value is -3.53. The molecule has 0 amide bonds. The van der Waals surface area contributed by atoms with E-state index in [4.69, 9.17) is 14.5 Å². The van der Waals surface area contributed by atoms with Gasteiger partial charge in [0, 0.05) is 23.5 Å². The fourth-order valence-electron chi connectivity index (χ4n) is 3.55. The number of pyridine rings is 1. The topological polar surface area (TPSA) is 36.3 Å². The maximum Gasteiger partial charge on any atom is 0.137 e. The van der Waals surface area contributed by atoms with Crippen molar-refractivity contribution in [3.05, 3.63) is 95.8 Å². The Bertz CT molecular complexity index is 1130. The van der Waals surface area contributed by atoms with Gasteiger partial charge in [-0.2, -0.15) is 0 Å². The monoisotopic (exact) mass is 398 g/mol. The van der Waals surface area contributed by atoms with Crippen LogP contribution in [0.5, 0.6) is 11.5 Å². The summed E-state index contributed by atoms with van der Waals surface area (Å²) in [7, 11) is 1.69. The Kier molecular flexibility index (Phi) is 5.84. The van der Waals surface area contributed by atoms with E-state index in [1.165, 1.54) is 0 Å². The molecule has 4 rings (SSSR count). The third kappa shape index (κ3) is 4.08. The Morgan fingerprint density at radius 3 is 2.43 bits per heavy atom. The molecule has 0 N–H and O–H groups in total. The van der Waals surface area contributed by atoms with E-state index in [2.05, 4.69) is 42.7 Å². The molecule has 30 heavy (non-hydrogen) atoms. The molecule has 0 saturated heterocycles. The molecule has 152 valence electrons. The number of hydrogen-bond acceptors (Lipinski definition) is 3. The van der Waals surface area contributed by atoms with Gasteiger partial charge in [0.25, 0.3) is 0 Å². The number of benzene rings is 2. The predicted molar refractivity (Wildman–Crippen MR) is 120 cm³/mol. The standard InChI is InChI=1S/C26H26N2O2/c1-4-21-16-22(23-13-8-14-26(27-23)28-15-9-10-19(28)2)25(29-3)17-24(21)30-18-20-11-6-5-7-12-20/h5-17H,4,18H2,1-3H3. The summed E-state index contributed by atoms with van der Waals surface area (Å²) in [6.07, 6.45) is 2.88. The van der Waals surface area contributed by atoms with Crippen molar-refractivity contribution < 1.29 is 9.47 Å². The maximum absolute atomic E-state index is 6.14. The Morgan fingerprint density at radius 1 is 0.900 bits per heavy atom. The number of rotatable bonds is 7. The van der Waals surface area contributed by atoms with Gasteiger partial charge in [-0.15, -0.1) is 0 Å². The van der Waals surface area contributed by atoms with Gasteiger partial charge >= 0.3 is 0 Å². The molecule has 2 aromatic heterocycles. The van der Waals surface area contributed by atoms with E-state index in [-0.39, 0.29) is 0 Å². The van der Waals surface area contributed by atoms with Crippen molar-refractivity contribution in [3.63, 3.8) is 0 Å². The highest BCUT2D eigenvalue weighted by atomic mass is 16.5. The molecular formula is C26H26N2O2. The van der Waals surface area contributed by atoms with E-state index in [1.54, 1.807) is 7.11 Å². The zero-order valence-electron chi connectivity index (χ0n) is 17.6. The smallest absolute Gasteiger partial charge is 0.137 e. The van der Waals surface area contributed by atoms with Crippen molar-refractivity contribution in [2.45, 2.75) is 26.9 Å². The molecule has 4 nitrogen and oxygen atoms in total. The number of aryl methyl sites for hydroxylation is 2. The fraction of sp³-hybridized carbons (Fsp3) is 0.192. The van der Waals surface area contributed by atoms with Crippen molar-refractivity contribution in [1.29, 1.82) is 0 Å². The molecule has 0 fully saturated rings. The second-order valence-electron chi connectivity index (χ2n) is 7.19. The van der Waals surface area contributed by atoms with Gasteiger partial charge in [0.2, 0.25) is 0 Å². The molecule has 0 aliphatic carbocycles. The minimum absolute atomic E-state index is 0.525. The van der Waals surface area contributed by atoms with E-state index < -0.39 is 0 Å². The lowest BCUT2D eigenvalue weighted by Crippen LogP contribution is -2.02. The molecule has 0 atom stereocenters. The van der Waals surface area contributed by atoms with E-state index in [0.717, 1.165) is 51.8 Å². The number of methoxy groups -OCH3 is 1. The van der Waals surface area contributed by atoms with Crippen LogP contribution in [-0.4, -0.2) is 16.7 Å². The molecule has 0 saturated carbocycles. The van der Waals surface area contributed by atoms with Gasteiger partial charge in [0.1, 0.15) is 23.9 Å². The number of ether oxygens (including phenoxy) is 2. The summed E-state index contributed by atoms with van der Waals surface area (Å²) in [5.41, 5.74) is 5.26. The first kappa shape index (κ1) is 19.8. The van der Waals surface area contributed by atoms with Gasteiger partial charge in [-0.25, -0.2) is 4.98 Å². The molecule has 0 unspecified atom stereocenters. The van der Waals surface area contributed by atoms with Crippen LogP contribution in [0.1, 0.15) is 23.7 Å². The lowest BCUT2D eigenvalue weighted by atomic mass is 10.0. The molecule has 4 aromatic rings. The van der Waals surface area contributed by atoms with Crippen LogP contribution < -0.4 is 9.47 Å². The molecule has 0 aliphatic rings. The normalized spacial score (nSPS) is 10.8. The Labute approximate surface area is 177 Å². The number of aromatic nitrogens is 2. The predicted octanol–water partition coefficient (Wildman–Crippen LogP) is 6.00. The first-order valence-corrected chi connectivity index (χ1v) is 10.2. The SMILES string of the molecule is CCc1cc(-c2cccc(-n3cccc3C)n2)c(OC)cc1OCc1ccccc1. The van der Waals surface area contributed by atoms with Crippen molar-refractivity contribution in [1.82, 2.24) is 9.55 Å². The maximum atomic E-state index is 6.14. The fourth-order valence-corrected chi connectivity index (χ4v) is 3.55. The largest absolute Gasteiger partial charge is 0.496 e. The van der Waals surface area contributed by atoms with Crippen LogP contribution in [0.25, 0.3) is 17.1 Å². The molecule has 2 heterocycles. The first-order chi connectivity index (χ1) is 14.7. The average Bonchev–Trinajstić information content (AvgIpc) is 3.23. The summed E-state index contributed by atoms with van der Waals surface area (Å²) in [6.45, 7) is 4.73. The van der Waals surface area contributed by atoms with Crippen molar-refractivity contribution in [3.8, 4) is 28.6 Å². The third-order valence-electron chi connectivity index (χ3n) is 5.21. The Morgan fingerprint density at radius 2 is 1.73 bits per heavy atom. The highest BCUT2D eigenvalue weighted by molar-refractivity contribution is 5.71. The van der Waals surface area contributed by atoms with Crippen LogP contribution in [0, 0.1) is 6.92 Å². The van der Waals surface area contributed by atoms with Gasteiger partial charge < -0.3 is 14.0 Å². The van der Waals surface area contributed by atoms with Crippen LogP contribution >= 0.6 is 0 Å². The molecule has 0 aliphatic heterocycles. The average molecular weight is 399 g/mol. The molecule has 0 bridgehead atoms. The zero-order chi connectivity index (χ0) is 20.9. The highest BCUT2D eigenvalue weighted by Gasteiger charge is 2.14. The summed E-state index contributed by atoms with van der Waals surface area (Å²) in [5, 5.41) is 0. The van der Waals surface area contributed by atoms with Crippen LogP contribution in [-0.2, 0) is 13.0 Å². The van der Waals surface area contributed by atoms with Crippen LogP contribution in [0.2, 0.25) is 0 Å². The number of hydrogen-bond donors (Lipinski definition) is 0. The highest BCUT2D eigenvalue weighted by Crippen LogP contribution is 2.36. The second-order valence-corrected chi connectivity index (χ2v) is 7.19. The third-order valence-corrected chi connectivity index (χ3v) is 5.21. The first-order valence-electron chi connectivity index (χ1n) is 10.2. The van der Waals surface area contributed by atoms with Crippen LogP contribution in [0.4, 0.5) is 0 Å². The second kappa shape index (κ2) is 8.87. The molecule has 4 heteroatoms. The molecule has 0 radical (unpaired) electrons. The van der Waals surface area contributed by atoms with Gasteiger partial charge in [-0.05, 0) is 54.8 Å². The van der Waals surface area contributed by atoms with E-state index in [0.29, 0.717) is 6.61 Å². The lowest BCUT2D eigenvalue weighted by Gasteiger charge is -2.16. The van der Waals surface area contributed by atoms with E-state index >= 15 is 0 Å². The van der Waals surface area contributed by atoms with E-state index in [1.807, 2.05) is 54.7 Å². The summed E-state index contributed by atoms with van der Waals surface area (Å²) >= 11 is 0. The minimum atomic E-state index is 0.525. The molecule has 0 spiro atoms. The summed E-state index contributed by atoms with van der Waals surface area (Å²) in [6, 6.07) is 24.5. The summed E-state index contributed by atoms with van der Waals surface area (Å²) in [5.74, 6) is 2.49. The van der Waals surface area contributed by atoms with Gasteiger partial charge in [-0.1, -0.05) is 43.3 Å². The Balaban J connectivity index is 1.69. The summed E-state index contributed by atoms with van der Waals surface area (Å²) in [4.78, 5) is 4.90. The van der Waals surface area contributed by atoms with Gasteiger partial charge in [0.15, 0.2) is 0 Å². The van der Waals surface area contributed by atoms with Crippen molar-refractivity contribution in [2.24, 2.45) is 0 Å². The molecule has 2 aromatic carbocycles. The van der Waals surface area contributed by atoms with Crippen LogP contribution in [0.15, 0.2) is 79.0 Å². The van der Waals surface area contributed by atoms with Crippen molar-refractivity contribution >= 4 is 0 Å². The van der Waals surface area contributed by atoms with Crippen molar-refractivity contribution in [2.75, 3.05) is 7.11 Å².